The van der Waals surface area contributed by atoms with Crippen molar-refractivity contribution < 1.29 is 4.74 Å². The lowest BCUT2D eigenvalue weighted by Gasteiger charge is -2.20. The maximum Gasteiger partial charge on any atom is 0.118 e. The first kappa shape index (κ1) is 15.9. The zero-order valence-electron chi connectivity index (χ0n) is 14.1. The summed E-state index contributed by atoms with van der Waals surface area (Å²) in [6, 6.07) is 15.6. The van der Waals surface area contributed by atoms with Gasteiger partial charge in [-0.25, -0.2) is 0 Å². The molecule has 0 fully saturated rings. The summed E-state index contributed by atoms with van der Waals surface area (Å²) in [7, 11) is 1.70. The number of benzene rings is 2. The molecule has 0 saturated carbocycles. The molecule has 0 aliphatic carbocycles. The van der Waals surface area contributed by atoms with Crippen molar-refractivity contribution >= 4 is 5.69 Å². The van der Waals surface area contributed by atoms with Crippen molar-refractivity contribution in [2.24, 2.45) is 0 Å². The summed E-state index contributed by atoms with van der Waals surface area (Å²) >= 11 is 0. The Labute approximate surface area is 139 Å². The van der Waals surface area contributed by atoms with Crippen LogP contribution in [0.15, 0.2) is 42.5 Å². The standard InChI is InChI=1S/C20H26N2O/c1-15(22-14-16-5-8-19(23-2)9-6-16)12-17-7-10-20-18(13-17)4-3-11-21-20/h5-10,13,15,21-22H,3-4,11-12,14H2,1-2H3. The second-order valence-corrected chi connectivity index (χ2v) is 6.36. The molecule has 122 valence electrons. The van der Waals surface area contributed by atoms with Crippen LogP contribution >= 0.6 is 0 Å². The van der Waals surface area contributed by atoms with Gasteiger partial charge in [0.05, 0.1) is 7.11 Å². The molecule has 3 heteroatoms. The Morgan fingerprint density at radius 1 is 1.13 bits per heavy atom. The van der Waals surface area contributed by atoms with Crippen molar-refractivity contribution in [2.75, 3.05) is 19.0 Å². The van der Waals surface area contributed by atoms with Crippen molar-refractivity contribution in [1.82, 2.24) is 5.32 Å². The molecule has 0 radical (unpaired) electrons. The van der Waals surface area contributed by atoms with Crippen molar-refractivity contribution in [3.63, 3.8) is 0 Å². The smallest absolute Gasteiger partial charge is 0.118 e. The summed E-state index contributed by atoms with van der Waals surface area (Å²) in [5, 5.41) is 7.08. The first-order valence-corrected chi connectivity index (χ1v) is 8.46. The minimum Gasteiger partial charge on any atom is -0.497 e. The average molecular weight is 310 g/mol. The molecular weight excluding hydrogens is 284 g/mol. The molecule has 2 aromatic rings. The van der Waals surface area contributed by atoms with Gasteiger partial charge in [-0.2, -0.15) is 0 Å². The van der Waals surface area contributed by atoms with E-state index in [9.17, 15) is 0 Å². The minimum atomic E-state index is 0.451. The summed E-state index contributed by atoms with van der Waals surface area (Å²) in [4.78, 5) is 0. The molecule has 2 aromatic carbocycles. The fourth-order valence-electron chi connectivity index (χ4n) is 3.12. The molecule has 1 atom stereocenters. The molecule has 0 bridgehead atoms. The van der Waals surface area contributed by atoms with Gasteiger partial charge < -0.3 is 15.4 Å². The van der Waals surface area contributed by atoms with Gasteiger partial charge in [-0.3, -0.25) is 0 Å². The van der Waals surface area contributed by atoms with Crippen LogP contribution in [0, 0.1) is 0 Å². The van der Waals surface area contributed by atoms with Gasteiger partial charge in [0.15, 0.2) is 0 Å². The van der Waals surface area contributed by atoms with Gasteiger partial charge in [-0.1, -0.05) is 24.3 Å². The van der Waals surface area contributed by atoms with Gasteiger partial charge >= 0.3 is 0 Å². The molecule has 0 aromatic heterocycles. The Morgan fingerprint density at radius 2 is 1.91 bits per heavy atom. The van der Waals surface area contributed by atoms with Crippen LogP contribution in [0.1, 0.15) is 30.0 Å². The minimum absolute atomic E-state index is 0.451. The summed E-state index contributed by atoms with van der Waals surface area (Å²) in [6.45, 7) is 4.24. The number of aryl methyl sites for hydroxylation is 1. The van der Waals surface area contributed by atoms with Crippen LogP contribution in [0.4, 0.5) is 5.69 Å². The summed E-state index contributed by atoms with van der Waals surface area (Å²) in [5.74, 6) is 0.907. The van der Waals surface area contributed by atoms with Crippen molar-refractivity contribution in [3.8, 4) is 5.75 Å². The van der Waals surface area contributed by atoms with E-state index in [1.807, 2.05) is 12.1 Å². The van der Waals surface area contributed by atoms with E-state index in [4.69, 9.17) is 4.74 Å². The fraction of sp³-hybridized carbons (Fsp3) is 0.400. The molecule has 0 amide bonds. The van der Waals surface area contributed by atoms with E-state index in [2.05, 4.69) is 47.9 Å². The number of nitrogens with one attached hydrogen (secondary N) is 2. The maximum absolute atomic E-state index is 5.19. The van der Waals surface area contributed by atoms with Crippen LogP contribution in [0.5, 0.6) is 5.75 Å². The van der Waals surface area contributed by atoms with Crippen molar-refractivity contribution in [3.05, 3.63) is 59.2 Å². The number of hydrogen-bond donors (Lipinski definition) is 2. The number of ether oxygens (including phenoxy) is 1. The molecular formula is C20H26N2O. The summed E-state index contributed by atoms with van der Waals surface area (Å²) in [5.41, 5.74) is 5.49. The van der Waals surface area contributed by atoms with E-state index < -0.39 is 0 Å². The van der Waals surface area contributed by atoms with Gasteiger partial charge in [-0.15, -0.1) is 0 Å². The van der Waals surface area contributed by atoms with Crippen LogP contribution in [-0.4, -0.2) is 19.7 Å². The third-order valence-corrected chi connectivity index (χ3v) is 4.46. The van der Waals surface area contributed by atoms with E-state index in [1.165, 1.54) is 35.2 Å². The number of methoxy groups -OCH3 is 1. The van der Waals surface area contributed by atoms with E-state index in [1.54, 1.807) is 7.11 Å². The highest BCUT2D eigenvalue weighted by Crippen LogP contribution is 2.23. The quantitative estimate of drug-likeness (QED) is 0.852. The highest BCUT2D eigenvalue weighted by Gasteiger charge is 2.10. The van der Waals surface area contributed by atoms with Crippen molar-refractivity contribution in [1.29, 1.82) is 0 Å². The Kier molecular flexibility index (Phi) is 5.19. The molecule has 1 aliphatic heterocycles. The molecule has 23 heavy (non-hydrogen) atoms. The number of rotatable bonds is 6. The number of hydrogen-bond acceptors (Lipinski definition) is 3. The molecule has 3 nitrogen and oxygen atoms in total. The molecule has 1 heterocycles. The molecule has 2 N–H and O–H groups in total. The zero-order valence-corrected chi connectivity index (χ0v) is 14.1. The predicted molar refractivity (Wildman–Crippen MR) is 96.3 cm³/mol. The molecule has 1 aliphatic rings. The monoisotopic (exact) mass is 310 g/mol. The molecule has 3 rings (SSSR count). The van der Waals surface area contributed by atoms with Gasteiger partial charge in [0, 0.05) is 24.8 Å². The number of fused-ring (bicyclic) bond motifs is 1. The van der Waals surface area contributed by atoms with Crippen LogP contribution in [0.2, 0.25) is 0 Å². The predicted octanol–water partition coefficient (Wildman–Crippen LogP) is 3.77. The van der Waals surface area contributed by atoms with Crippen molar-refractivity contribution in [2.45, 2.75) is 38.8 Å². The highest BCUT2D eigenvalue weighted by atomic mass is 16.5. The molecule has 0 spiro atoms. The highest BCUT2D eigenvalue weighted by molar-refractivity contribution is 5.54. The zero-order chi connectivity index (χ0) is 16.1. The lowest BCUT2D eigenvalue weighted by Crippen LogP contribution is -2.27. The van der Waals surface area contributed by atoms with Gasteiger partial charge in [0.25, 0.3) is 0 Å². The van der Waals surface area contributed by atoms with Crippen LogP contribution < -0.4 is 15.4 Å². The third kappa shape index (κ3) is 4.26. The van der Waals surface area contributed by atoms with E-state index in [0.29, 0.717) is 6.04 Å². The lowest BCUT2D eigenvalue weighted by molar-refractivity contribution is 0.414. The lowest BCUT2D eigenvalue weighted by atomic mass is 9.98. The second kappa shape index (κ2) is 7.51. The molecule has 0 saturated heterocycles. The van der Waals surface area contributed by atoms with E-state index >= 15 is 0 Å². The van der Waals surface area contributed by atoms with Crippen LogP contribution in [-0.2, 0) is 19.4 Å². The normalized spacial score (nSPS) is 14.7. The van der Waals surface area contributed by atoms with Gasteiger partial charge in [-0.05, 0) is 61.1 Å². The SMILES string of the molecule is COc1ccc(CNC(C)Cc2ccc3c(c2)CCCN3)cc1. The second-order valence-electron chi connectivity index (χ2n) is 6.36. The van der Waals surface area contributed by atoms with Gasteiger partial charge in [0.1, 0.15) is 5.75 Å². The Morgan fingerprint density at radius 3 is 2.70 bits per heavy atom. The number of anilines is 1. The average Bonchev–Trinajstić information content (AvgIpc) is 2.60. The Hall–Kier alpha value is -2.00. The molecule has 1 unspecified atom stereocenters. The maximum atomic E-state index is 5.19. The Bertz CT molecular complexity index is 637. The van der Waals surface area contributed by atoms with E-state index in [-0.39, 0.29) is 0 Å². The Balaban J connectivity index is 1.53. The van der Waals surface area contributed by atoms with Crippen LogP contribution in [0.25, 0.3) is 0 Å². The third-order valence-electron chi connectivity index (χ3n) is 4.46. The van der Waals surface area contributed by atoms with Gasteiger partial charge in [0.2, 0.25) is 0 Å². The largest absolute Gasteiger partial charge is 0.497 e. The summed E-state index contributed by atoms with van der Waals surface area (Å²) < 4.78 is 5.19. The first-order valence-electron chi connectivity index (χ1n) is 8.46. The van der Waals surface area contributed by atoms with E-state index in [0.717, 1.165) is 25.3 Å². The first-order chi connectivity index (χ1) is 11.2. The topological polar surface area (TPSA) is 33.3 Å². The van der Waals surface area contributed by atoms with Crippen LogP contribution in [0.3, 0.4) is 0 Å². The fourth-order valence-corrected chi connectivity index (χ4v) is 3.12. The summed E-state index contributed by atoms with van der Waals surface area (Å²) in [6.07, 6.45) is 3.50.